The molecule has 0 fully saturated rings. The molecule has 8 heteroatoms. The molecule has 27 heavy (non-hydrogen) atoms. The van der Waals surface area contributed by atoms with Crippen molar-refractivity contribution in [1.29, 1.82) is 0 Å². The van der Waals surface area contributed by atoms with Crippen molar-refractivity contribution in [3.8, 4) is 0 Å². The van der Waals surface area contributed by atoms with Gasteiger partial charge in [0.2, 0.25) is 0 Å². The number of amides is 1. The number of benzene rings is 2. The van der Waals surface area contributed by atoms with Gasteiger partial charge in [0.1, 0.15) is 6.04 Å². The van der Waals surface area contributed by atoms with E-state index < -0.39 is 30.5 Å². The minimum absolute atomic E-state index is 0.0255. The van der Waals surface area contributed by atoms with Crippen LogP contribution in [0.2, 0.25) is 10.0 Å². The summed E-state index contributed by atoms with van der Waals surface area (Å²) in [4.78, 5) is 36.1. The molecule has 2 aromatic carbocycles. The topological polar surface area (TPSA) is 81.7 Å². The summed E-state index contributed by atoms with van der Waals surface area (Å²) in [6.07, 6.45) is 0.240. The summed E-state index contributed by atoms with van der Waals surface area (Å²) in [5.41, 5.74) is 0.815. The number of nitrogens with one attached hydrogen (secondary N) is 1. The van der Waals surface area contributed by atoms with Crippen LogP contribution in [-0.4, -0.2) is 37.6 Å². The quantitative estimate of drug-likeness (QED) is 0.710. The minimum atomic E-state index is -0.910. The standard InChI is InChI=1S/C19H17Cl2NO5/c1-26-18(24)15(10-12-6-3-2-4-7-12)22-16(23)11-27-19(25)17-13(20)8-5-9-14(17)21/h2-9,15H,10-11H2,1H3,(H,22,23)/t15-/m1/s1. The molecule has 0 aliphatic rings. The lowest BCUT2D eigenvalue weighted by atomic mass is 10.1. The lowest BCUT2D eigenvalue weighted by Crippen LogP contribution is -2.44. The van der Waals surface area contributed by atoms with Gasteiger partial charge in [-0.3, -0.25) is 4.79 Å². The highest BCUT2D eigenvalue weighted by atomic mass is 35.5. The van der Waals surface area contributed by atoms with Crippen LogP contribution in [0.25, 0.3) is 0 Å². The summed E-state index contributed by atoms with van der Waals surface area (Å²) < 4.78 is 9.66. The lowest BCUT2D eigenvalue weighted by molar-refractivity contribution is -0.145. The molecular formula is C19H17Cl2NO5. The van der Waals surface area contributed by atoms with Crippen molar-refractivity contribution in [2.24, 2.45) is 0 Å². The average molecular weight is 410 g/mol. The number of carbonyl (C=O) groups is 3. The summed E-state index contributed by atoms with van der Waals surface area (Å²) in [6.45, 7) is -0.595. The summed E-state index contributed by atoms with van der Waals surface area (Å²) in [5, 5.41) is 2.73. The van der Waals surface area contributed by atoms with Gasteiger partial charge in [-0.25, -0.2) is 9.59 Å². The van der Waals surface area contributed by atoms with Crippen LogP contribution < -0.4 is 5.32 Å². The van der Waals surface area contributed by atoms with Crippen molar-refractivity contribution in [2.75, 3.05) is 13.7 Å². The van der Waals surface area contributed by atoms with Crippen molar-refractivity contribution >= 4 is 41.0 Å². The van der Waals surface area contributed by atoms with E-state index in [4.69, 9.17) is 32.7 Å². The fourth-order valence-electron chi connectivity index (χ4n) is 2.32. The largest absolute Gasteiger partial charge is 0.467 e. The van der Waals surface area contributed by atoms with Crippen LogP contribution in [0, 0.1) is 0 Å². The van der Waals surface area contributed by atoms with Crippen molar-refractivity contribution in [2.45, 2.75) is 12.5 Å². The van der Waals surface area contributed by atoms with Gasteiger partial charge in [0.25, 0.3) is 5.91 Å². The van der Waals surface area contributed by atoms with Crippen molar-refractivity contribution in [1.82, 2.24) is 5.32 Å². The van der Waals surface area contributed by atoms with Gasteiger partial charge >= 0.3 is 11.9 Å². The number of hydrogen-bond acceptors (Lipinski definition) is 5. The maximum Gasteiger partial charge on any atom is 0.341 e. The molecular weight excluding hydrogens is 393 g/mol. The Labute approximate surface area is 166 Å². The number of hydrogen-bond donors (Lipinski definition) is 1. The van der Waals surface area contributed by atoms with Gasteiger partial charge < -0.3 is 14.8 Å². The maximum absolute atomic E-state index is 12.1. The number of esters is 2. The first-order valence-electron chi connectivity index (χ1n) is 7.94. The molecule has 0 spiro atoms. The Kier molecular flexibility index (Phi) is 7.64. The van der Waals surface area contributed by atoms with Crippen molar-refractivity contribution in [3.63, 3.8) is 0 Å². The van der Waals surface area contributed by atoms with E-state index in [1.165, 1.54) is 19.2 Å². The molecule has 1 amide bonds. The third-order valence-electron chi connectivity index (χ3n) is 3.60. The molecule has 6 nitrogen and oxygen atoms in total. The van der Waals surface area contributed by atoms with Crippen LogP contribution in [-0.2, 0) is 25.5 Å². The molecule has 0 aliphatic carbocycles. The molecule has 2 aromatic rings. The van der Waals surface area contributed by atoms with E-state index in [0.29, 0.717) is 0 Å². The Bertz CT molecular complexity index is 806. The minimum Gasteiger partial charge on any atom is -0.467 e. The third kappa shape index (κ3) is 5.98. The second-order valence-corrected chi connectivity index (χ2v) is 6.32. The van der Waals surface area contributed by atoms with Gasteiger partial charge in [-0.2, -0.15) is 0 Å². The van der Waals surface area contributed by atoms with Crippen LogP contribution in [0.3, 0.4) is 0 Å². The normalized spacial score (nSPS) is 11.4. The van der Waals surface area contributed by atoms with Gasteiger partial charge in [0, 0.05) is 6.42 Å². The zero-order valence-electron chi connectivity index (χ0n) is 14.4. The van der Waals surface area contributed by atoms with E-state index in [1.807, 2.05) is 30.3 Å². The SMILES string of the molecule is COC(=O)[C@@H](Cc1ccccc1)NC(=O)COC(=O)c1c(Cl)cccc1Cl. The first-order chi connectivity index (χ1) is 12.9. The summed E-state index contributed by atoms with van der Waals surface area (Å²) in [7, 11) is 1.23. The Hall–Kier alpha value is -2.57. The fourth-order valence-corrected chi connectivity index (χ4v) is 2.87. The molecule has 1 atom stereocenters. The van der Waals surface area contributed by atoms with E-state index in [9.17, 15) is 14.4 Å². The predicted octanol–water partition coefficient (Wildman–Crippen LogP) is 3.05. The van der Waals surface area contributed by atoms with Crippen LogP contribution in [0.15, 0.2) is 48.5 Å². The molecule has 0 saturated carbocycles. The highest BCUT2D eigenvalue weighted by Crippen LogP contribution is 2.24. The van der Waals surface area contributed by atoms with Crippen molar-refractivity contribution in [3.05, 3.63) is 69.7 Å². The van der Waals surface area contributed by atoms with Crippen LogP contribution in [0.5, 0.6) is 0 Å². The summed E-state index contributed by atoms with van der Waals surface area (Å²) >= 11 is 11.9. The van der Waals surface area contributed by atoms with Crippen LogP contribution in [0.1, 0.15) is 15.9 Å². The van der Waals surface area contributed by atoms with E-state index in [1.54, 1.807) is 6.07 Å². The van der Waals surface area contributed by atoms with Gasteiger partial charge in [0.05, 0.1) is 22.7 Å². The van der Waals surface area contributed by atoms with E-state index in [2.05, 4.69) is 5.32 Å². The number of ether oxygens (including phenoxy) is 2. The Morgan fingerprint density at radius 2 is 1.63 bits per heavy atom. The summed E-state index contributed by atoms with van der Waals surface area (Å²) in [5.74, 6) is -2.09. The molecule has 2 rings (SSSR count). The second kappa shape index (κ2) is 9.94. The average Bonchev–Trinajstić information content (AvgIpc) is 2.66. The Balaban J connectivity index is 1.97. The number of methoxy groups -OCH3 is 1. The van der Waals surface area contributed by atoms with Crippen molar-refractivity contribution < 1.29 is 23.9 Å². The number of carbonyl (C=O) groups excluding carboxylic acids is 3. The molecule has 1 N–H and O–H groups in total. The van der Waals surface area contributed by atoms with E-state index >= 15 is 0 Å². The number of rotatable bonds is 7. The van der Waals surface area contributed by atoms with Gasteiger partial charge in [-0.15, -0.1) is 0 Å². The van der Waals surface area contributed by atoms with E-state index in [0.717, 1.165) is 5.56 Å². The predicted molar refractivity (Wildman–Crippen MR) is 101 cm³/mol. The second-order valence-electron chi connectivity index (χ2n) is 5.51. The van der Waals surface area contributed by atoms with Crippen LogP contribution >= 0.6 is 23.2 Å². The third-order valence-corrected chi connectivity index (χ3v) is 4.23. The molecule has 0 aliphatic heterocycles. The van der Waals surface area contributed by atoms with Gasteiger partial charge in [0.15, 0.2) is 6.61 Å². The van der Waals surface area contributed by atoms with Gasteiger partial charge in [-0.05, 0) is 17.7 Å². The molecule has 0 saturated heterocycles. The molecule has 0 aromatic heterocycles. The summed E-state index contributed by atoms with van der Waals surface area (Å²) in [6, 6.07) is 12.8. The fraction of sp³-hybridized carbons (Fsp3) is 0.211. The monoisotopic (exact) mass is 409 g/mol. The van der Waals surface area contributed by atoms with Gasteiger partial charge in [-0.1, -0.05) is 59.6 Å². The van der Waals surface area contributed by atoms with E-state index in [-0.39, 0.29) is 22.0 Å². The highest BCUT2D eigenvalue weighted by molar-refractivity contribution is 6.39. The smallest absolute Gasteiger partial charge is 0.341 e. The maximum atomic E-state index is 12.1. The molecule has 0 radical (unpaired) electrons. The van der Waals surface area contributed by atoms with Crippen LogP contribution in [0.4, 0.5) is 0 Å². The molecule has 0 unspecified atom stereocenters. The zero-order chi connectivity index (χ0) is 19.8. The Morgan fingerprint density at radius 3 is 2.22 bits per heavy atom. The zero-order valence-corrected chi connectivity index (χ0v) is 15.9. The first-order valence-corrected chi connectivity index (χ1v) is 8.70. The molecule has 0 bridgehead atoms. The molecule has 142 valence electrons. The lowest BCUT2D eigenvalue weighted by Gasteiger charge is -2.16. The Morgan fingerprint density at radius 1 is 1.00 bits per heavy atom. The highest BCUT2D eigenvalue weighted by Gasteiger charge is 2.23. The first kappa shape index (κ1) is 20.7. The number of halogens is 2. The molecule has 0 heterocycles.